The summed E-state index contributed by atoms with van der Waals surface area (Å²) in [5.74, 6) is 0.508. The van der Waals surface area contributed by atoms with Crippen LogP contribution in [0.2, 0.25) is 0 Å². The van der Waals surface area contributed by atoms with Gasteiger partial charge < -0.3 is 10.1 Å². The lowest BCUT2D eigenvalue weighted by Crippen LogP contribution is -2.22. The maximum absolute atomic E-state index is 11.3. The average molecular weight is 296 g/mol. The van der Waals surface area contributed by atoms with E-state index in [9.17, 15) is 10.1 Å². The molecule has 1 atom stereocenters. The van der Waals surface area contributed by atoms with E-state index in [4.69, 9.17) is 4.74 Å². The van der Waals surface area contributed by atoms with Crippen LogP contribution >= 0.6 is 0 Å². The predicted molar refractivity (Wildman–Crippen MR) is 80.6 cm³/mol. The van der Waals surface area contributed by atoms with E-state index in [-0.39, 0.29) is 22.6 Å². The molecule has 2 heterocycles. The number of hydrogen-bond donors (Lipinski definition) is 1. The van der Waals surface area contributed by atoms with E-state index in [0.717, 1.165) is 25.9 Å². The maximum atomic E-state index is 11.3. The van der Waals surface area contributed by atoms with E-state index >= 15 is 0 Å². The van der Waals surface area contributed by atoms with Gasteiger partial charge in [-0.1, -0.05) is 13.8 Å². The fourth-order valence-electron chi connectivity index (χ4n) is 2.69. The Hall–Kier alpha value is -1.63. The van der Waals surface area contributed by atoms with Crippen molar-refractivity contribution in [1.82, 2.24) is 9.78 Å². The van der Waals surface area contributed by atoms with Gasteiger partial charge in [0.2, 0.25) is 5.82 Å². The van der Waals surface area contributed by atoms with Crippen LogP contribution in [0.4, 0.5) is 11.5 Å². The number of rotatable bonds is 6. The molecular formula is C14H24N4O3. The highest BCUT2D eigenvalue weighted by atomic mass is 16.6. The van der Waals surface area contributed by atoms with Gasteiger partial charge in [0.25, 0.3) is 0 Å². The molecule has 0 radical (unpaired) electrons. The van der Waals surface area contributed by atoms with Crippen molar-refractivity contribution in [3.63, 3.8) is 0 Å². The zero-order valence-electron chi connectivity index (χ0n) is 13.0. The Balaban J connectivity index is 2.03. The molecule has 21 heavy (non-hydrogen) atoms. The molecule has 7 nitrogen and oxygen atoms in total. The van der Waals surface area contributed by atoms with Gasteiger partial charge >= 0.3 is 5.69 Å². The van der Waals surface area contributed by atoms with Gasteiger partial charge in [0.05, 0.1) is 11.0 Å². The van der Waals surface area contributed by atoms with Gasteiger partial charge in [-0.25, -0.2) is 4.68 Å². The highest BCUT2D eigenvalue weighted by molar-refractivity contribution is 5.60. The van der Waals surface area contributed by atoms with Crippen molar-refractivity contribution in [1.29, 1.82) is 0 Å². The summed E-state index contributed by atoms with van der Waals surface area (Å²) in [6.07, 6.45) is 4.54. The minimum Gasteiger partial charge on any atom is -0.378 e. The van der Waals surface area contributed by atoms with E-state index in [1.807, 2.05) is 13.8 Å². The summed E-state index contributed by atoms with van der Waals surface area (Å²) in [7, 11) is 1.73. The van der Waals surface area contributed by atoms with Crippen LogP contribution in [0.5, 0.6) is 0 Å². The lowest BCUT2D eigenvalue weighted by molar-refractivity contribution is -0.384. The molecule has 0 aliphatic carbocycles. The first-order valence-corrected chi connectivity index (χ1v) is 7.57. The predicted octanol–water partition coefficient (Wildman–Crippen LogP) is 2.82. The molecule has 0 aromatic carbocycles. The van der Waals surface area contributed by atoms with Crippen LogP contribution in [0.3, 0.4) is 0 Å². The summed E-state index contributed by atoms with van der Waals surface area (Å²) in [5.41, 5.74) is 0.621. The van der Waals surface area contributed by atoms with Crippen molar-refractivity contribution >= 4 is 11.5 Å². The summed E-state index contributed by atoms with van der Waals surface area (Å²) in [5, 5.41) is 18.8. The van der Waals surface area contributed by atoms with Gasteiger partial charge in [0.1, 0.15) is 5.69 Å². The van der Waals surface area contributed by atoms with Crippen LogP contribution in [-0.2, 0) is 11.8 Å². The molecule has 0 amide bonds. The largest absolute Gasteiger partial charge is 0.378 e. The summed E-state index contributed by atoms with van der Waals surface area (Å²) in [6.45, 7) is 5.31. The second kappa shape index (κ2) is 6.89. The standard InChI is InChI=1S/C14H24N4O3/c1-10(2)12-13(18(19)20)14(17(3)16-12)15-8-7-11-6-4-5-9-21-11/h10-11,15H,4-9H2,1-3H3. The third-order valence-corrected chi connectivity index (χ3v) is 3.81. The fraction of sp³-hybridized carbons (Fsp3) is 0.786. The van der Waals surface area contributed by atoms with Gasteiger partial charge in [0.15, 0.2) is 0 Å². The molecule has 0 spiro atoms. The molecule has 1 aromatic heterocycles. The Kier molecular flexibility index (Phi) is 5.17. The highest BCUT2D eigenvalue weighted by Crippen LogP contribution is 2.32. The number of nitro groups is 1. The van der Waals surface area contributed by atoms with E-state index in [2.05, 4.69) is 10.4 Å². The molecule has 1 aromatic rings. The zero-order chi connectivity index (χ0) is 15.4. The number of hydrogen-bond acceptors (Lipinski definition) is 5. The molecule has 2 rings (SSSR count). The monoisotopic (exact) mass is 296 g/mol. The Morgan fingerprint density at radius 1 is 1.52 bits per heavy atom. The van der Waals surface area contributed by atoms with Crippen molar-refractivity contribution < 1.29 is 9.66 Å². The van der Waals surface area contributed by atoms with Gasteiger partial charge in [-0.3, -0.25) is 10.1 Å². The third-order valence-electron chi connectivity index (χ3n) is 3.81. The van der Waals surface area contributed by atoms with Crippen LogP contribution in [0.15, 0.2) is 0 Å². The molecule has 1 aliphatic heterocycles. The van der Waals surface area contributed by atoms with Crippen LogP contribution < -0.4 is 5.32 Å². The highest BCUT2D eigenvalue weighted by Gasteiger charge is 2.28. The summed E-state index contributed by atoms with van der Waals surface area (Å²) >= 11 is 0. The molecule has 1 unspecified atom stereocenters. The van der Waals surface area contributed by atoms with Crippen LogP contribution in [0.25, 0.3) is 0 Å². The average Bonchev–Trinajstić information content (AvgIpc) is 2.78. The minimum absolute atomic E-state index is 0.0221. The van der Waals surface area contributed by atoms with Crippen LogP contribution in [0.1, 0.15) is 51.1 Å². The molecular weight excluding hydrogens is 272 g/mol. The third kappa shape index (κ3) is 3.72. The van der Waals surface area contributed by atoms with Crippen molar-refractivity contribution in [2.75, 3.05) is 18.5 Å². The smallest absolute Gasteiger partial charge is 0.334 e. The van der Waals surface area contributed by atoms with Gasteiger partial charge in [-0.15, -0.1) is 0 Å². The first-order valence-electron chi connectivity index (χ1n) is 7.57. The molecule has 7 heteroatoms. The van der Waals surface area contributed by atoms with Crippen LogP contribution in [0, 0.1) is 10.1 Å². The number of aryl methyl sites for hydroxylation is 1. The molecule has 118 valence electrons. The molecule has 1 aliphatic rings. The van der Waals surface area contributed by atoms with Crippen LogP contribution in [-0.4, -0.2) is 34.0 Å². The van der Waals surface area contributed by atoms with E-state index in [1.165, 1.54) is 6.42 Å². The lowest BCUT2D eigenvalue weighted by atomic mass is 10.1. The second-order valence-electron chi connectivity index (χ2n) is 5.82. The van der Waals surface area contributed by atoms with Crippen molar-refractivity contribution in [2.45, 2.75) is 51.6 Å². The molecule has 1 fully saturated rings. The first kappa shape index (κ1) is 15.8. The quantitative estimate of drug-likeness (QED) is 0.644. The number of aromatic nitrogens is 2. The number of anilines is 1. The summed E-state index contributed by atoms with van der Waals surface area (Å²) in [6, 6.07) is 0. The fourth-order valence-corrected chi connectivity index (χ4v) is 2.69. The maximum Gasteiger partial charge on any atom is 0.334 e. The van der Waals surface area contributed by atoms with E-state index in [1.54, 1.807) is 11.7 Å². The first-order chi connectivity index (χ1) is 10.0. The van der Waals surface area contributed by atoms with Crippen molar-refractivity contribution in [2.24, 2.45) is 7.05 Å². The lowest BCUT2D eigenvalue weighted by Gasteiger charge is -2.22. The zero-order valence-corrected chi connectivity index (χ0v) is 13.0. The molecule has 0 bridgehead atoms. The van der Waals surface area contributed by atoms with Gasteiger partial charge in [0, 0.05) is 26.1 Å². The summed E-state index contributed by atoms with van der Waals surface area (Å²) in [4.78, 5) is 11.0. The molecule has 0 saturated carbocycles. The second-order valence-corrected chi connectivity index (χ2v) is 5.82. The Bertz CT molecular complexity index is 493. The van der Waals surface area contributed by atoms with Crippen molar-refractivity contribution in [3.8, 4) is 0 Å². The molecule has 1 saturated heterocycles. The Labute approximate surface area is 124 Å². The normalized spacial score (nSPS) is 19.0. The van der Waals surface area contributed by atoms with Gasteiger partial charge in [-0.2, -0.15) is 5.10 Å². The van der Waals surface area contributed by atoms with E-state index < -0.39 is 0 Å². The number of nitrogens with zero attached hydrogens (tertiary/aromatic N) is 3. The van der Waals surface area contributed by atoms with Gasteiger partial charge in [-0.05, 0) is 25.7 Å². The Morgan fingerprint density at radius 3 is 2.86 bits per heavy atom. The number of ether oxygens (including phenoxy) is 1. The number of nitrogens with one attached hydrogen (secondary N) is 1. The molecule has 1 N–H and O–H groups in total. The van der Waals surface area contributed by atoms with Crippen molar-refractivity contribution in [3.05, 3.63) is 15.8 Å². The summed E-state index contributed by atoms with van der Waals surface area (Å²) < 4.78 is 7.24. The van der Waals surface area contributed by atoms with E-state index in [0.29, 0.717) is 18.1 Å². The minimum atomic E-state index is -0.345. The SMILES string of the molecule is CC(C)c1nn(C)c(NCCC2CCCCO2)c1[N+](=O)[O-]. The Morgan fingerprint density at radius 2 is 2.29 bits per heavy atom. The topological polar surface area (TPSA) is 82.2 Å².